The summed E-state index contributed by atoms with van der Waals surface area (Å²) in [6.07, 6.45) is 6.06. The molecule has 11 heteroatoms. The van der Waals surface area contributed by atoms with Crippen molar-refractivity contribution >= 4 is 34.0 Å². The number of nitrogens with one attached hydrogen (secondary N) is 3. The van der Waals surface area contributed by atoms with E-state index < -0.39 is 0 Å². The number of nitrogens with zero attached hydrogens (tertiary/aromatic N) is 5. The van der Waals surface area contributed by atoms with Crippen LogP contribution in [0.2, 0.25) is 0 Å². The summed E-state index contributed by atoms with van der Waals surface area (Å²) < 4.78 is 22.7. The Morgan fingerprint density at radius 3 is 2.77 bits per heavy atom. The van der Waals surface area contributed by atoms with Gasteiger partial charge in [-0.2, -0.15) is 5.10 Å². The van der Waals surface area contributed by atoms with E-state index >= 15 is 4.39 Å². The van der Waals surface area contributed by atoms with E-state index in [9.17, 15) is 4.79 Å². The quantitative estimate of drug-likeness (QED) is 0.359. The zero-order chi connectivity index (χ0) is 27.2. The maximum absolute atomic E-state index is 15.2. The summed E-state index contributed by atoms with van der Waals surface area (Å²) in [5.74, 6) is 1.55. The molecule has 40 heavy (non-hydrogen) atoms. The van der Waals surface area contributed by atoms with Crippen LogP contribution >= 0.6 is 0 Å². The number of hydrogen-bond acceptors (Lipinski definition) is 8. The van der Waals surface area contributed by atoms with Crippen molar-refractivity contribution in [1.29, 1.82) is 0 Å². The van der Waals surface area contributed by atoms with E-state index in [1.54, 1.807) is 17.1 Å². The molecule has 10 nitrogen and oxygen atoms in total. The monoisotopic (exact) mass is 542 g/mol. The molecule has 1 amide bonds. The van der Waals surface area contributed by atoms with Gasteiger partial charge >= 0.3 is 0 Å². The molecule has 0 bridgehead atoms. The Balaban J connectivity index is 1.13. The standard InChI is InChI=1S/C29H31FN8O2/c1-17-23(15-34-29-28(17)32-7-9-40-29)22-10-18-12-25(33-14-19(18)11-24(22)30)35-26-13-21-4-8-37(20-2-5-31-6-3-20)27(39)16-38(21)36-26/h10-15,20,31-32H,2-9,16H2,1H3,(H,33,35,36). The summed E-state index contributed by atoms with van der Waals surface area (Å²) in [6, 6.07) is 7.50. The maximum Gasteiger partial charge on any atom is 0.244 e. The Bertz CT molecular complexity index is 1610. The fraction of sp³-hybridized carbons (Fsp3) is 0.379. The van der Waals surface area contributed by atoms with E-state index in [-0.39, 0.29) is 18.3 Å². The molecule has 3 aliphatic rings. The first-order valence-electron chi connectivity index (χ1n) is 13.8. The highest BCUT2D eigenvalue weighted by Gasteiger charge is 2.29. The van der Waals surface area contributed by atoms with Crippen LogP contribution in [0.5, 0.6) is 5.88 Å². The summed E-state index contributed by atoms with van der Waals surface area (Å²) in [5.41, 5.74) is 3.89. The molecule has 4 aromatic rings. The van der Waals surface area contributed by atoms with Crippen LogP contribution < -0.4 is 20.7 Å². The summed E-state index contributed by atoms with van der Waals surface area (Å²) in [6.45, 7) is 6.03. The Hall–Kier alpha value is -4.25. The number of carbonyl (C=O) groups excluding carboxylic acids is 1. The number of pyridine rings is 2. The van der Waals surface area contributed by atoms with Gasteiger partial charge in [-0.05, 0) is 62.0 Å². The number of hydrogen-bond donors (Lipinski definition) is 3. The van der Waals surface area contributed by atoms with Gasteiger partial charge in [0.15, 0.2) is 5.82 Å². The van der Waals surface area contributed by atoms with Gasteiger partial charge in [0, 0.05) is 66.2 Å². The van der Waals surface area contributed by atoms with Crippen LogP contribution in [0.3, 0.4) is 0 Å². The number of piperidine rings is 1. The lowest BCUT2D eigenvalue weighted by Crippen LogP contribution is -2.47. The van der Waals surface area contributed by atoms with Gasteiger partial charge in [0.25, 0.3) is 0 Å². The second kappa shape index (κ2) is 10.1. The lowest BCUT2D eigenvalue weighted by Gasteiger charge is -2.33. The minimum atomic E-state index is -0.336. The third-order valence-electron chi connectivity index (χ3n) is 8.13. The molecule has 0 spiro atoms. The number of aromatic nitrogens is 4. The van der Waals surface area contributed by atoms with Gasteiger partial charge in [-0.3, -0.25) is 9.48 Å². The lowest BCUT2D eigenvalue weighted by molar-refractivity contribution is -0.134. The smallest absolute Gasteiger partial charge is 0.244 e. The molecule has 206 valence electrons. The molecule has 7 rings (SSSR count). The Labute approximate surface area is 230 Å². The van der Waals surface area contributed by atoms with Crippen molar-refractivity contribution in [2.75, 3.05) is 43.4 Å². The molecule has 6 heterocycles. The van der Waals surface area contributed by atoms with Crippen LogP contribution in [0.1, 0.15) is 24.1 Å². The number of benzene rings is 1. The molecule has 0 radical (unpaired) electrons. The fourth-order valence-electron chi connectivity index (χ4n) is 6.00. The zero-order valence-electron chi connectivity index (χ0n) is 22.3. The zero-order valence-corrected chi connectivity index (χ0v) is 22.3. The van der Waals surface area contributed by atoms with Crippen LogP contribution in [0.25, 0.3) is 21.9 Å². The SMILES string of the molecule is Cc1c(-c2cc3cc(Nc4cc5n(n4)CC(=O)N(C4CCNCC4)CC5)ncc3cc2F)cnc2c1NCCO2. The molecular formula is C29H31FN8O2. The van der Waals surface area contributed by atoms with Crippen LogP contribution in [0, 0.1) is 12.7 Å². The molecule has 0 saturated carbocycles. The van der Waals surface area contributed by atoms with Gasteiger partial charge in [0.05, 0.1) is 0 Å². The highest BCUT2D eigenvalue weighted by atomic mass is 19.1. The predicted molar refractivity (Wildman–Crippen MR) is 150 cm³/mol. The van der Waals surface area contributed by atoms with Gasteiger partial charge in [-0.1, -0.05) is 0 Å². The number of halogens is 1. The summed E-state index contributed by atoms with van der Waals surface area (Å²) >= 11 is 0. The van der Waals surface area contributed by atoms with Gasteiger partial charge in [-0.25, -0.2) is 14.4 Å². The van der Waals surface area contributed by atoms with E-state index in [0.29, 0.717) is 59.8 Å². The maximum atomic E-state index is 15.2. The minimum Gasteiger partial charge on any atom is -0.474 e. The highest BCUT2D eigenvalue weighted by Crippen LogP contribution is 2.37. The molecule has 3 aromatic heterocycles. The van der Waals surface area contributed by atoms with Gasteiger partial charge in [0.1, 0.15) is 30.5 Å². The van der Waals surface area contributed by atoms with Crippen LogP contribution in [-0.2, 0) is 17.8 Å². The first kappa shape index (κ1) is 24.8. The van der Waals surface area contributed by atoms with Crippen molar-refractivity contribution in [2.24, 2.45) is 0 Å². The first-order valence-corrected chi connectivity index (χ1v) is 13.8. The Kier molecular flexibility index (Phi) is 6.22. The van der Waals surface area contributed by atoms with E-state index in [1.807, 2.05) is 30.0 Å². The largest absolute Gasteiger partial charge is 0.474 e. The molecule has 1 saturated heterocycles. The average Bonchev–Trinajstić information content (AvgIpc) is 3.27. The van der Waals surface area contributed by atoms with Gasteiger partial charge < -0.3 is 25.6 Å². The third-order valence-corrected chi connectivity index (χ3v) is 8.13. The number of ether oxygens (including phenoxy) is 1. The van der Waals surface area contributed by atoms with E-state index in [1.165, 1.54) is 6.07 Å². The molecule has 1 aromatic carbocycles. The molecule has 1 fully saturated rings. The number of rotatable bonds is 4. The van der Waals surface area contributed by atoms with Crippen molar-refractivity contribution in [2.45, 2.75) is 38.8 Å². The van der Waals surface area contributed by atoms with Crippen molar-refractivity contribution in [3.63, 3.8) is 0 Å². The highest BCUT2D eigenvalue weighted by molar-refractivity contribution is 5.90. The van der Waals surface area contributed by atoms with Crippen molar-refractivity contribution in [1.82, 2.24) is 30.0 Å². The number of anilines is 3. The first-order chi connectivity index (χ1) is 19.5. The molecule has 3 N–H and O–H groups in total. The summed E-state index contributed by atoms with van der Waals surface area (Å²) in [5, 5.41) is 16.2. The second-order valence-electron chi connectivity index (χ2n) is 10.6. The molecule has 0 atom stereocenters. The minimum absolute atomic E-state index is 0.118. The number of fused-ring (bicyclic) bond motifs is 3. The van der Waals surface area contributed by atoms with Crippen molar-refractivity contribution < 1.29 is 13.9 Å². The Morgan fingerprint density at radius 2 is 1.90 bits per heavy atom. The number of amides is 1. The molecule has 0 aliphatic carbocycles. The predicted octanol–water partition coefficient (Wildman–Crippen LogP) is 3.63. The van der Waals surface area contributed by atoms with Crippen molar-refractivity contribution in [3.8, 4) is 17.0 Å². The molecule has 3 aliphatic heterocycles. The topological polar surface area (TPSA) is 109 Å². The second-order valence-corrected chi connectivity index (χ2v) is 10.6. The summed E-state index contributed by atoms with van der Waals surface area (Å²) in [4.78, 5) is 24.0. The normalized spacial score (nSPS) is 17.6. The lowest BCUT2D eigenvalue weighted by atomic mass is 9.98. The average molecular weight is 543 g/mol. The van der Waals surface area contributed by atoms with E-state index in [4.69, 9.17) is 4.74 Å². The van der Waals surface area contributed by atoms with Crippen molar-refractivity contribution in [3.05, 3.63) is 53.7 Å². The fourth-order valence-corrected chi connectivity index (χ4v) is 6.00. The summed E-state index contributed by atoms with van der Waals surface area (Å²) in [7, 11) is 0. The van der Waals surface area contributed by atoms with E-state index in [2.05, 4.69) is 31.0 Å². The van der Waals surface area contributed by atoms with Crippen LogP contribution in [0.15, 0.2) is 36.7 Å². The van der Waals surface area contributed by atoms with Crippen LogP contribution in [0.4, 0.5) is 21.7 Å². The van der Waals surface area contributed by atoms with Gasteiger partial charge in [-0.15, -0.1) is 0 Å². The van der Waals surface area contributed by atoms with E-state index in [0.717, 1.165) is 54.7 Å². The number of carbonyl (C=O) groups is 1. The third kappa shape index (κ3) is 4.49. The molecular weight excluding hydrogens is 511 g/mol. The van der Waals surface area contributed by atoms with Gasteiger partial charge in [0.2, 0.25) is 11.8 Å². The van der Waals surface area contributed by atoms with Crippen LogP contribution in [-0.4, -0.2) is 69.4 Å². The Morgan fingerprint density at radius 1 is 1.02 bits per heavy atom. The molecule has 0 unspecified atom stereocenters.